The van der Waals surface area contributed by atoms with E-state index >= 15 is 0 Å². The second-order valence-corrected chi connectivity index (χ2v) is 4.20. The lowest BCUT2D eigenvalue weighted by molar-refractivity contribution is 0.0987. The van der Waals surface area contributed by atoms with Crippen LogP contribution in [0.1, 0.15) is 36.7 Å². The maximum absolute atomic E-state index is 11.1. The zero-order valence-corrected chi connectivity index (χ0v) is 9.48. The molecule has 0 atom stereocenters. The summed E-state index contributed by atoms with van der Waals surface area (Å²) in [4.78, 5) is 13.2. The lowest BCUT2D eigenvalue weighted by atomic mass is 9.91. The molecule has 0 spiro atoms. The van der Waals surface area contributed by atoms with Crippen LogP contribution in [-0.4, -0.2) is 30.1 Å². The van der Waals surface area contributed by atoms with Gasteiger partial charge in [0, 0.05) is 25.6 Å². The summed E-state index contributed by atoms with van der Waals surface area (Å²) in [7, 11) is 0. The molecule has 0 radical (unpaired) electrons. The maximum atomic E-state index is 11.1. The van der Waals surface area contributed by atoms with Gasteiger partial charge in [-0.3, -0.25) is 4.79 Å². The Balaban J connectivity index is 2.13. The fourth-order valence-corrected chi connectivity index (χ4v) is 1.95. The number of carbonyl (C=O) groups is 1. The summed E-state index contributed by atoms with van der Waals surface area (Å²) >= 11 is 0. The summed E-state index contributed by atoms with van der Waals surface area (Å²) in [5, 5.41) is 9.03. The molecule has 0 bridgehead atoms. The molecule has 0 amide bonds. The van der Waals surface area contributed by atoms with E-state index < -0.39 is 0 Å². The Kier molecular flexibility index (Phi) is 3.29. The lowest BCUT2D eigenvalue weighted by Crippen LogP contribution is -2.41. The Labute approximate surface area is 94.9 Å². The van der Waals surface area contributed by atoms with Crippen LogP contribution in [0.4, 0.5) is 5.88 Å². The molecule has 1 aliphatic rings. The minimum atomic E-state index is -0.0659. The number of hydrogen-bond donors (Lipinski definition) is 1. The van der Waals surface area contributed by atoms with Gasteiger partial charge in [0.15, 0.2) is 17.4 Å². The van der Waals surface area contributed by atoms with Gasteiger partial charge in [-0.25, -0.2) is 0 Å². The van der Waals surface area contributed by atoms with E-state index in [2.05, 4.69) is 4.90 Å². The highest BCUT2D eigenvalue weighted by Gasteiger charge is 2.26. The minimum Gasteiger partial charge on any atom is -0.437 e. The molecule has 0 unspecified atom stereocenters. The van der Waals surface area contributed by atoms with Gasteiger partial charge in [-0.15, -0.1) is 0 Å². The molecule has 1 saturated carbocycles. The van der Waals surface area contributed by atoms with Gasteiger partial charge in [0.25, 0.3) is 0 Å². The zero-order valence-electron chi connectivity index (χ0n) is 9.48. The van der Waals surface area contributed by atoms with Crippen molar-refractivity contribution in [3.8, 4) is 0 Å². The van der Waals surface area contributed by atoms with Crippen LogP contribution < -0.4 is 4.90 Å². The van der Waals surface area contributed by atoms with Crippen LogP contribution in [0, 0.1) is 0 Å². The summed E-state index contributed by atoms with van der Waals surface area (Å²) in [6.45, 7) is 2.16. The highest BCUT2D eigenvalue weighted by Crippen LogP contribution is 2.30. The number of furan rings is 1. The van der Waals surface area contributed by atoms with E-state index in [1.54, 1.807) is 6.07 Å². The molecule has 1 N–H and O–H groups in total. The molecular formula is C12H17NO3. The molecule has 0 saturated heterocycles. The third-order valence-corrected chi connectivity index (χ3v) is 3.08. The highest BCUT2D eigenvalue weighted by atomic mass is 16.4. The average molecular weight is 223 g/mol. The predicted molar refractivity (Wildman–Crippen MR) is 60.8 cm³/mol. The van der Waals surface area contributed by atoms with Gasteiger partial charge in [-0.1, -0.05) is 0 Å². The Morgan fingerprint density at radius 3 is 2.75 bits per heavy atom. The Morgan fingerprint density at radius 2 is 2.31 bits per heavy atom. The number of anilines is 1. The van der Waals surface area contributed by atoms with Crippen LogP contribution in [0.25, 0.3) is 0 Å². The van der Waals surface area contributed by atoms with Crippen molar-refractivity contribution < 1.29 is 14.3 Å². The van der Waals surface area contributed by atoms with Crippen molar-refractivity contribution in [3.63, 3.8) is 0 Å². The van der Waals surface area contributed by atoms with Gasteiger partial charge in [-0.05, 0) is 25.3 Å². The first-order valence-corrected chi connectivity index (χ1v) is 5.70. The summed E-state index contributed by atoms with van der Waals surface area (Å²) in [5.41, 5.74) is 0. The van der Waals surface area contributed by atoms with E-state index in [0.29, 0.717) is 24.2 Å². The Morgan fingerprint density at radius 1 is 1.56 bits per heavy atom. The molecule has 0 aromatic carbocycles. The Hall–Kier alpha value is -1.29. The van der Waals surface area contributed by atoms with Gasteiger partial charge in [0.05, 0.1) is 6.61 Å². The number of rotatable bonds is 5. The largest absolute Gasteiger partial charge is 0.437 e. The first-order chi connectivity index (χ1) is 7.72. The number of carbonyl (C=O) groups excluding carboxylic acids is 1. The fourth-order valence-electron chi connectivity index (χ4n) is 1.95. The van der Waals surface area contributed by atoms with Crippen molar-refractivity contribution in [2.75, 3.05) is 18.1 Å². The van der Waals surface area contributed by atoms with Crippen LogP contribution in [-0.2, 0) is 0 Å². The van der Waals surface area contributed by atoms with E-state index in [4.69, 9.17) is 9.52 Å². The summed E-state index contributed by atoms with van der Waals surface area (Å²) < 4.78 is 5.48. The van der Waals surface area contributed by atoms with Crippen LogP contribution >= 0.6 is 0 Å². The SMILES string of the molecule is CC(=O)c1ccc(N(CCO)C2CCC2)o1. The van der Waals surface area contributed by atoms with E-state index in [1.807, 2.05) is 6.07 Å². The zero-order chi connectivity index (χ0) is 11.5. The first kappa shape index (κ1) is 11.2. The highest BCUT2D eigenvalue weighted by molar-refractivity contribution is 5.91. The third-order valence-electron chi connectivity index (χ3n) is 3.08. The van der Waals surface area contributed by atoms with E-state index in [0.717, 1.165) is 12.8 Å². The minimum absolute atomic E-state index is 0.0659. The average Bonchev–Trinajstić information content (AvgIpc) is 2.62. The van der Waals surface area contributed by atoms with E-state index in [1.165, 1.54) is 13.3 Å². The number of hydrogen-bond acceptors (Lipinski definition) is 4. The molecule has 16 heavy (non-hydrogen) atoms. The molecule has 2 rings (SSSR count). The van der Waals surface area contributed by atoms with Crippen LogP contribution in [0.15, 0.2) is 16.5 Å². The van der Waals surface area contributed by atoms with Crippen molar-refractivity contribution in [2.45, 2.75) is 32.2 Å². The standard InChI is InChI=1S/C12H17NO3/c1-9(15)11-5-6-12(16-11)13(7-8-14)10-3-2-4-10/h5-6,10,14H,2-4,7-8H2,1H3. The Bertz CT molecular complexity index is 368. The molecule has 1 aromatic heterocycles. The molecule has 1 fully saturated rings. The quantitative estimate of drug-likeness (QED) is 0.774. The van der Waals surface area contributed by atoms with Crippen molar-refractivity contribution in [1.82, 2.24) is 0 Å². The number of nitrogens with zero attached hydrogens (tertiary/aromatic N) is 1. The molecule has 88 valence electrons. The molecule has 4 heteroatoms. The van der Waals surface area contributed by atoms with Crippen molar-refractivity contribution >= 4 is 11.7 Å². The van der Waals surface area contributed by atoms with Crippen molar-refractivity contribution in [2.24, 2.45) is 0 Å². The predicted octanol–water partition coefficient (Wildman–Crippen LogP) is 1.83. The van der Waals surface area contributed by atoms with E-state index in [9.17, 15) is 4.79 Å². The lowest BCUT2D eigenvalue weighted by Gasteiger charge is -2.37. The second-order valence-electron chi connectivity index (χ2n) is 4.20. The van der Waals surface area contributed by atoms with E-state index in [-0.39, 0.29) is 12.4 Å². The van der Waals surface area contributed by atoms with Crippen molar-refractivity contribution in [1.29, 1.82) is 0 Å². The number of ketones is 1. The monoisotopic (exact) mass is 223 g/mol. The van der Waals surface area contributed by atoms with Gasteiger partial charge in [-0.2, -0.15) is 0 Å². The third kappa shape index (κ3) is 2.11. The molecule has 0 aliphatic heterocycles. The smallest absolute Gasteiger partial charge is 0.196 e. The summed E-state index contributed by atoms with van der Waals surface area (Å²) in [6, 6.07) is 3.96. The van der Waals surface area contributed by atoms with Crippen molar-refractivity contribution in [3.05, 3.63) is 17.9 Å². The maximum Gasteiger partial charge on any atom is 0.196 e. The normalized spacial score (nSPS) is 15.9. The molecule has 1 heterocycles. The molecule has 4 nitrogen and oxygen atoms in total. The second kappa shape index (κ2) is 4.70. The summed E-state index contributed by atoms with van der Waals surface area (Å²) in [5.74, 6) is 1.02. The molecular weight excluding hydrogens is 206 g/mol. The number of aliphatic hydroxyl groups excluding tert-OH is 1. The van der Waals surface area contributed by atoms with Gasteiger partial charge < -0.3 is 14.4 Å². The van der Waals surface area contributed by atoms with Crippen LogP contribution in [0.5, 0.6) is 0 Å². The van der Waals surface area contributed by atoms with Gasteiger partial charge in [0.2, 0.25) is 0 Å². The first-order valence-electron chi connectivity index (χ1n) is 5.70. The van der Waals surface area contributed by atoms with Gasteiger partial charge >= 0.3 is 0 Å². The topological polar surface area (TPSA) is 53.7 Å². The van der Waals surface area contributed by atoms with Gasteiger partial charge in [0.1, 0.15) is 0 Å². The summed E-state index contributed by atoms with van der Waals surface area (Å²) in [6.07, 6.45) is 3.50. The van der Waals surface area contributed by atoms with Crippen LogP contribution in [0.2, 0.25) is 0 Å². The number of Topliss-reactive ketones (excluding diaryl/α,β-unsaturated/α-hetero) is 1. The molecule has 1 aromatic rings. The fraction of sp³-hybridized carbons (Fsp3) is 0.583. The molecule has 1 aliphatic carbocycles. The van der Waals surface area contributed by atoms with Crippen LogP contribution in [0.3, 0.4) is 0 Å². The number of aliphatic hydroxyl groups is 1.